The molecule has 1 aromatic rings. The molecule has 0 unspecified atom stereocenters. The van der Waals surface area contributed by atoms with E-state index in [1.165, 1.54) is 0 Å². The SMILES string of the molecule is FCOc1c(F)ccc(Cl)c1F. The summed E-state index contributed by atoms with van der Waals surface area (Å²) in [5.41, 5.74) is 0. The molecule has 0 N–H and O–H groups in total. The summed E-state index contributed by atoms with van der Waals surface area (Å²) in [6.45, 7) is -1.30. The van der Waals surface area contributed by atoms with Gasteiger partial charge < -0.3 is 4.74 Å². The third-order valence-electron chi connectivity index (χ3n) is 1.20. The predicted molar refractivity (Wildman–Crippen MR) is 38.0 cm³/mol. The summed E-state index contributed by atoms with van der Waals surface area (Å²) in [4.78, 5) is 0. The molecular formula is C7H4ClF3O. The summed E-state index contributed by atoms with van der Waals surface area (Å²) < 4.78 is 41.0. The zero-order valence-corrected chi connectivity index (χ0v) is 6.54. The summed E-state index contributed by atoms with van der Waals surface area (Å²) in [6.07, 6.45) is 0. The lowest BCUT2D eigenvalue weighted by atomic mass is 10.3. The quantitative estimate of drug-likeness (QED) is 0.661. The second kappa shape index (κ2) is 3.67. The minimum absolute atomic E-state index is 0.306. The van der Waals surface area contributed by atoms with Crippen molar-refractivity contribution in [2.24, 2.45) is 0 Å². The number of benzene rings is 1. The van der Waals surface area contributed by atoms with Gasteiger partial charge in [-0.1, -0.05) is 11.6 Å². The van der Waals surface area contributed by atoms with Crippen LogP contribution in [0.25, 0.3) is 0 Å². The van der Waals surface area contributed by atoms with Crippen LogP contribution >= 0.6 is 11.6 Å². The van der Waals surface area contributed by atoms with Gasteiger partial charge in [-0.2, -0.15) is 0 Å². The van der Waals surface area contributed by atoms with E-state index in [9.17, 15) is 13.2 Å². The summed E-state index contributed by atoms with van der Waals surface area (Å²) in [7, 11) is 0. The first-order valence-corrected chi connectivity index (χ1v) is 3.37. The number of hydrogen-bond acceptors (Lipinski definition) is 1. The molecule has 0 aliphatic rings. The lowest BCUT2D eigenvalue weighted by molar-refractivity contribution is 0.176. The summed E-state index contributed by atoms with van der Waals surface area (Å²) in [5, 5.41) is -0.306. The largest absolute Gasteiger partial charge is 0.457 e. The standard InChI is InChI=1S/C7H4ClF3O/c8-4-1-2-5(10)7(6(4)11)12-3-9/h1-2H,3H2. The Bertz CT molecular complexity index is 290. The molecule has 0 spiro atoms. The van der Waals surface area contributed by atoms with Crippen LogP contribution in [0.1, 0.15) is 0 Å². The molecule has 0 atom stereocenters. The summed E-state index contributed by atoms with van der Waals surface area (Å²) in [6, 6.07) is 1.92. The highest BCUT2D eigenvalue weighted by Gasteiger charge is 2.13. The molecular weight excluding hydrogens is 193 g/mol. The highest BCUT2D eigenvalue weighted by atomic mass is 35.5. The van der Waals surface area contributed by atoms with Gasteiger partial charge in [-0.3, -0.25) is 0 Å². The Morgan fingerprint density at radius 1 is 1.33 bits per heavy atom. The van der Waals surface area contributed by atoms with Crippen molar-refractivity contribution in [2.45, 2.75) is 0 Å². The van der Waals surface area contributed by atoms with Crippen LogP contribution in [0.5, 0.6) is 5.75 Å². The Morgan fingerprint density at radius 2 is 2.00 bits per heavy atom. The fourth-order valence-electron chi connectivity index (χ4n) is 0.695. The van der Waals surface area contributed by atoms with Gasteiger partial charge in [-0.05, 0) is 12.1 Å². The van der Waals surface area contributed by atoms with Crippen LogP contribution in [0.2, 0.25) is 5.02 Å². The molecule has 0 fully saturated rings. The molecule has 0 heterocycles. The number of rotatable bonds is 2. The second-order valence-corrected chi connectivity index (χ2v) is 2.33. The van der Waals surface area contributed by atoms with Crippen LogP contribution in [0, 0.1) is 11.6 Å². The lowest BCUT2D eigenvalue weighted by Crippen LogP contribution is -1.97. The third-order valence-corrected chi connectivity index (χ3v) is 1.49. The lowest BCUT2D eigenvalue weighted by Gasteiger charge is -2.04. The van der Waals surface area contributed by atoms with E-state index in [0.717, 1.165) is 12.1 Å². The summed E-state index contributed by atoms with van der Waals surface area (Å²) >= 11 is 5.28. The minimum Gasteiger partial charge on any atom is -0.457 e. The van der Waals surface area contributed by atoms with Crippen molar-refractivity contribution < 1.29 is 17.9 Å². The van der Waals surface area contributed by atoms with Crippen molar-refractivity contribution in [3.63, 3.8) is 0 Å². The maximum Gasteiger partial charge on any atom is 0.228 e. The molecule has 0 bridgehead atoms. The van der Waals surface area contributed by atoms with E-state index >= 15 is 0 Å². The van der Waals surface area contributed by atoms with Crippen LogP contribution in [-0.2, 0) is 0 Å². The molecule has 0 aliphatic carbocycles. The third kappa shape index (κ3) is 1.64. The number of ether oxygens (including phenoxy) is 1. The fraction of sp³-hybridized carbons (Fsp3) is 0.143. The molecule has 0 radical (unpaired) electrons. The van der Waals surface area contributed by atoms with E-state index in [-0.39, 0.29) is 5.02 Å². The molecule has 1 rings (SSSR count). The Morgan fingerprint density at radius 3 is 2.58 bits per heavy atom. The first-order valence-electron chi connectivity index (χ1n) is 2.99. The molecule has 0 amide bonds. The molecule has 0 saturated carbocycles. The molecule has 0 aliphatic heterocycles. The van der Waals surface area contributed by atoms with Crippen molar-refractivity contribution in [2.75, 3.05) is 6.86 Å². The van der Waals surface area contributed by atoms with Gasteiger partial charge in [0, 0.05) is 0 Å². The zero-order valence-electron chi connectivity index (χ0n) is 5.78. The van der Waals surface area contributed by atoms with Gasteiger partial charge in [0.2, 0.25) is 6.86 Å². The van der Waals surface area contributed by atoms with Gasteiger partial charge >= 0.3 is 0 Å². The van der Waals surface area contributed by atoms with E-state index in [1.54, 1.807) is 0 Å². The normalized spacial score (nSPS) is 10.0. The molecule has 0 saturated heterocycles. The first kappa shape index (κ1) is 9.19. The van der Waals surface area contributed by atoms with E-state index in [1.807, 2.05) is 0 Å². The molecule has 0 aromatic heterocycles. The van der Waals surface area contributed by atoms with Crippen molar-refractivity contribution in [3.05, 3.63) is 28.8 Å². The Hall–Kier alpha value is -0.900. The van der Waals surface area contributed by atoms with Crippen molar-refractivity contribution >= 4 is 11.6 Å². The fourth-order valence-corrected chi connectivity index (χ4v) is 0.844. The Kier molecular flexibility index (Phi) is 2.81. The van der Waals surface area contributed by atoms with Gasteiger partial charge in [0.05, 0.1) is 5.02 Å². The van der Waals surface area contributed by atoms with Crippen LogP contribution in [0.3, 0.4) is 0 Å². The smallest absolute Gasteiger partial charge is 0.228 e. The van der Waals surface area contributed by atoms with Crippen LogP contribution in [0.15, 0.2) is 12.1 Å². The van der Waals surface area contributed by atoms with Gasteiger partial charge in [0.15, 0.2) is 17.4 Å². The number of halogens is 4. The van der Waals surface area contributed by atoms with E-state index in [2.05, 4.69) is 4.74 Å². The van der Waals surface area contributed by atoms with Gasteiger partial charge in [0.25, 0.3) is 0 Å². The van der Waals surface area contributed by atoms with Crippen LogP contribution in [0.4, 0.5) is 13.2 Å². The van der Waals surface area contributed by atoms with Crippen LogP contribution < -0.4 is 4.74 Å². The van der Waals surface area contributed by atoms with Gasteiger partial charge in [0.1, 0.15) is 0 Å². The van der Waals surface area contributed by atoms with E-state index < -0.39 is 24.2 Å². The number of alkyl halides is 1. The Balaban J connectivity index is 3.14. The van der Waals surface area contributed by atoms with Crippen molar-refractivity contribution in [1.82, 2.24) is 0 Å². The molecule has 1 nitrogen and oxygen atoms in total. The highest BCUT2D eigenvalue weighted by Crippen LogP contribution is 2.27. The van der Waals surface area contributed by atoms with Gasteiger partial charge in [-0.15, -0.1) is 0 Å². The topological polar surface area (TPSA) is 9.23 Å². The number of hydrogen-bond donors (Lipinski definition) is 0. The molecule has 66 valence electrons. The van der Waals surface area contributed by atoms with E-state index in [4.69, 9.17) is 11.6 Å². The molecule has 5 heteroatoms. The van der Waals surface area contributed by atoms with Crippen molar-refractivity contribution in [3.8, 4) is 5.75 Å². The van der Waals surface area contributed by atoms with E-state index in [0.29, 0.717) is 0 Å². The van der Waals surface area contributed by atoms with Crippen LogP contribution in [-0.4, -0.2) is 6.86 Å². The minimum atomic E-state index is -1.30. The molecule has 1 aromatic carbocycles. The van der Waals surface area contributed by atoms with Crippen molar-refractivity contribution in [1.29, 1.82) is 0 Å². The first-order chi connectivity index (χ1) is 5.66. The predicted octanol–water partition coefficient (Wildman–Crippen LogP) is 2.92. The van der Waals surface area contributed by atoms with Gasteiger partial charge in [-0.25, -0.2) is 13.2 Å². The highest BCUT2D eigenvalue weighted by molar-refractivity contribution is 6.30. The Labute approximate surface area is 71.7 Å². The monoisotopic (exact) mass is 196 g/mol. The average Bonchev–Trinajstić information content (AvgIpc) is 2.06. The molecule has 12 heavy (non-hydrogen) atoms. The maximum atomic E-state index is 12.8. The maximum absolute atomic E-state index is 12.8. The summed E-state index contributed by atoms with van der Waals surface area (Å²) in [5.74, 6) is -2.85. The second-order valence-electron chi connectivity index (χ2n) is 1.93. The zero-order chi connectivity index (χ0) is 9.14. The average molecular weight is 197 g/mol.